The summed E-state index contributed by atoms with van der Waals surface area (Å²) in [6, 6.07) is 14.2. The van der Waals surface area contributed by atoms with Crippen LogP contribution in [0.2, 0.25) is 0 Å². The molecule has 1 amide bonds. The van der Waals surface area contributed by atoms with Crippen LogP contribution in [0.4, 0.5) is 5.69 Å². The van der Waals surface area contributed by atoms with Gasteiger partial charge in [-0.1, -0.05) is 24.3 Å². The minimum absolute atomic E-state index is 0.128. The third-order valence-corrected chi connectivity index (χ3v) is 4.57. The molecule has 1 aromatic carbocycles. The van der Waals surface area contributed by atoms with Crippen molar-refractivity contribution in [1.29, 1.82) is 0 Å². The van der Waals surface area contributed by atoms with E-state index in [2.05, 4.69) is 29.1 Å². The van der Waals surface area contributed by atoms with Crippen LogP contribution in [0, 0.1) is 0 Å². The van der Waals surface area contributed by atoms with Gasteiger partial charge in [-0.25, -0.2) is 4.98 Å². The lowest BCUT2D eigenvalue weighted by Gasteiger charge is -2.20. The number of benzene rings is 1. The highest BCUT2D eigenvalue weighted by Gasteiger charge is 2.21. The van der Waals surface area contributed by atoms with Gasteiger partial charge in [-0.2, -0.15) is 0 Å². The molecule has 24 heavy (non-hydrogen) atoms. The summed E-state index contributed by atoms with van der Waals surface area (Å²) in [6.45, 7) is 2.23. The van der Waals surface area contributed by atoms with Gasteiger partial charge in [-0.15, -0.1) is 0 Å². The lowest BCUT2D eigenvalue weighted by molar-refractivity contribution is -0.130. The number of hydrogen-bond acceptors (Lipinski definition) is 3. The zero-order valence-electron chi connectivity index (χ0n) is 13.7. The summed E-state index contributed by atoms with van der Waals surface area (Å²) in [5.41, 5.74) is 4.10. The Labute approximate surface area is 141 Å². The number of hydrogen-bond donors (Lipinski definition) is 0. The summed E-state index contributed by atoms with van der Waals surface area (Å²) in [7, 11) is 2.08. The first-order chi connectivity index (χ1) is 11.7. The highest BCUT2D eigenvalue weighted by molar-refractivity contribution is 5.79. The maximum atomic E-state index is 12.8. The van der Waals surface area contributed by atoms with E-state index in [9.17, 15) is 4.79 Å². The second-order valence-corrected chi connectivity index (χ2v) is 6.24. The molecule has 3 heterocycles. The number of aromatic nitrogens is 2. The standard InChI is InChI=1S/C19H20N4O/c1-21-10-11-23(13-15-6-2-3-7-17(15)21)19(24)12-16-14-22-9-5-4-8-18(22)20-16/h2-9,14H,10-13H2,1H3. The van der Waals surface area contributed by atoms with Gasteiger partial charge >= 0.3 is 0 Å². The maximum absolute atomic E-state index is 12.8. The lowest BCUT2D eigenvalue weighted by Crippen LogP contribution is -2.35. The minimum Gasteiger partial charge on any atom is -0.373 e. The van der Waals surface area contributed by atoms with Crippen LogP contribution >= 0.6 is 0 Å². The van der Waals surface area contributed by atoms with Crippen molar-refractivity contribution < 1.29 is 4.79 Å². The van der Waals surface area contributed by atoms with Crippen molar-refractivity contribution in [2.75, 3.05) is 25.0 Å². The van der Waals surface area contributed by atoms with Gasteiger partial charge in [0.2, 0.25) is 5.91 Å². The number of likely N-dealkylation sites (N-methyl/N-ethyl adjacent to an activating group) is 1. The van der Waals surface area contributed by atoms with Crippen molar-refractivity contribution in [3.05, 3.63) is 66.1 Å². The molecule has 5 nitrogen and oxygen atoms in total. The topological polar surface area (TPSA) is 40.9 Å². The van der Waals surface area contributed by atoms with Crippen molar-refractivity contribution in [3.8, 4) is 0 Å². The SMILES string of the molecule is CN1CCN(C(=O)Cc2cn3ccccc3n2)Cc2ccccc21. The van der Waals surface area contributed by atoms with Gasteiger partial charge in [-0.05, 0) is 23.8 Å². The molecule has 0 N–H and O–H groups in total. The van der Waals surface area contributed by atoms with Crippen molar-refractivity contribution >= 4 is 17.2 Å². The van der Waals surface area contributed by atoms with E-state index in [1.165, 1.54) is 11.3 Å². The van der Waals surface area contributed by atoms with Crippen molar-refractivity contribution in [3.63, 3.8) is 0 Å². The number of para-hydroxylation sites is 1. The van der Waals surface area contributed by atoms with Crippen LogP contribution in [0.15, 0.2) is 54.9 Å². The molecule has 0 bridgehead atoms. The largest absolute Gasteiger partial charge is 0.373 e. The van der Waals surface area contributed by atoms with Gasteiger partial charge in [0.15, 0.2) is 0 Å². The van der Waals surface area contributed by atoms with E-state index in [4.69, 9.17) is 0 Å². The Hall–Kier alpha value is -2.82. The fourth-order valence-electron chi connectivity index (χ4n) is 3.24. The first-order valence-corrected chi connectivity index (χ1v) is 8.20. The second-order valence-electron chi connectivity index (χ2n) is 6.24. The minimum atomic E-state index is 0.128. The molecule has 0 saturated carbocycles. The predicted molar refractivity (Wildman–Crippen MR) is 94.0 cm³/mol. The summed E-state index contributed by atoms with van der Waals surface area (Å²) in [5, 5.41) is 0. The number of carbonyl (C=O) groups is 1. The summed E-state index contributed by atoms with van der Waals surface area (Å²) in [4.78, 5) is 21.5. The molecule has 1 aliphatic heterocycles. The zero-order valence-corrected chi connectivity index (χ0v) is 13.7. The Kier molecular flexibility index (Phi) is 3.69. The Bertz CT molecular complexity index is 853. The smallest absolute Gasteiger partial charge is 0.229 e. The molecule has 0 aliphatic carbocycles. The maximum Gasteiger partial charge on any atom is 0.229 e. The second kappa shape index (κ2) is 6.00. The Morgan fingerprint density at radius 2 is 1.96 bits per heavy atom. The predicted octanol–water partition coefficient (Wildman–Crippen LogP) is 2.36. The van der Waals surface area contributed by atoms with Crippen LogP contribution in [0.25, 0.3) is 5.65 Å². The average Bonchev–Trinajstić information content (AvgIpc) is 2.92. The number of anilines is 1. The molecule has 0 atom stereocenters. The molecule has 0 fully saturated rings. The number of amides is 1. The monoisotopic (exact) mass is 320 g/mol. The molecule has 0 radical (unpaired) electrons. The number of fused-ring (bicyclic) bond motifs is 2. The van der Waals surface area contributed by atoms with Gasteiger partial charge in [0, 0.05) is 44.8 Å². The lowest BCUT2D eigenvalue weighted by atomic mass is 10.1. The van der Waals surface area contributed by atoms with Gasteiger partial charge in [-0.3, -0.25) is 4.79 Å². The van der Waals surface area contributed by atoms with Gasteiger partial charge < -0.3 is 14.2 Å². The van der Waals surface area contributed by atoms with Crippen LogP contribution < -0.4 is 4.90 Å². The number of rotatable bonds is 2. The highest BCUT2D eigenvalue weighted by atomic mass is 16.2. The molecule has 2 aromatic heterocycles. The molecule has 0 unspecified atom stereocenters. The molecule has 4 rings (SSSR count). The van der Waals surface area contributed by atoms with E-state index < -0.39 is 0 Å². The fourth-order valence-corrected chi connectivity index (χ4v) is 3.24. The molecule has 3 aromatic rings. The van der Waals surface area contributed by atoms with Gasteiger partial charge in [0.1, 0.15) is 5.65 Å². The fraction of sp³-hybridized carbons (Fsp3) is 0.263. The number of carbonyl (C=O) groups excluding carboxylic acids is 1. The molecule has 122 valence electrons. The van der Waals surface area contributed by atoms with Crippen LogP contribution in [0.3, 0.4) is 0 Å². The molecule has 1 aliphatic rings. The van der Waals surface area contributed by atoms with E-state index in [0.717, 1.165) is 24.4 Å². The van der Waals surface area contributed by atoms with E-state index in [0.29, 0.717) is 13.0 Å². The van der Waals surface area contributed by atoms with Crippen molar-refractivity contribution in [2.45, 2.75) is 13.0 Å². The normalized spacial score (nSPS) is 14.5. The Morgan fingerprint density at radius 3 is 2.83 bits per heavy atom. The van der Waals surface area contributed by atoms with E-state index >= 15 is 0 Å². The highest BCUT2D eigenvalue weighted by Crippen LogP contribution is 2.24. The molecule has 5 heteroatoms. The third kappa shape index (κ3) is 2.73. The van der Waals surface area contributed by atoms with E-state index in [1.54, 1.807) is 0 Å². The Balaban J connectivity index is 1.54. The van der Waals surface area contributed by atoms with Crippen LogP contribution in [-0.4, -0.2) is 40.3 Å². The van der Waals surface area contributed by atoms with Crippen LogP contribution in [0.5, 0.6) is 0 Å². The first kappa shape index (κ1) is 14.8. The van der Waals surface area contributed by atoms with Gasteiger partial charge in [0.25, 0.3) is 0 Å². The number of nitrogens with zero attached hydrogens (tertiary/aromatic N) is 4. The summed E-state index contributed by atoms with van der Waals surface area (Å²) in [6.07, 6.45) is 4.23. The number of imidazole rings is 1. The van der Waals surface area contributed by atoms with E-state index in [1.807, 2.05) is 52.0 Å². The van der Waals surface area contributed by atoms with Crippen LogP contribution in [0.1, 0.15) is 11.3 Å². The van der Waals surface area contributed by atoms with E-state index in [-0.39, 0.29) is 5.91 Å². The molecule has 0 saturated heterocycles. The first-order valence-electron chi connectivity index (χ1n) is 8.20. The Morgan fingerprint density at radius 1 is 1.12 bits per heavy atom. The molecule has 0 spiro atoms. The number of pyridine rings is 1. The van der Waals surface area contributed by atoms with Gasteiger partial charge in [0.05, 0.1) is 12.1 Å². The van der Waals surface area contributed by atoms with Crippen molar-refractivity contribution in [1.82, 2.24) is 14.3 Å². The quantitative estimate of drug-likeness (QED) is 0.728. The molecular weight excluding hydrogens is 300 g/mol. The van der Waals surface area contributed by atoms with Crippen LogP contribution in [-0.2, 0) is 17.8 Å². The third-order valence-electron chi connectivity index (χ3n) is 4.57. The molecular formula is C19H20N4O. The average molecular weight is 320 g/mol. The van der Waals surface area contributed by atoms with Crippen molar-refractivity contribution in [2.24, 2.45) is 0 Å². The summed E-state index contributed by atoms with van der Waals surface area (Å²) >= 11 is 0. The summed E-state index contributed by atoms with van der Waals surface area (Å²) < 4.78 is 1.95. The zero-order chi connectivity index (χ0) is 16.5. The summed E-state index contributed by atoms with van der Waals surface area (Å²) in [5.74, 6) is 0.128.